The van der Waals surface area contributed by atoms with Crippen LogP contribution in [0.5, 0.6) is 0 Å². The van der Waals surface area contributed by atoms with Gasteiger partial charge >= 0.3 is 0 Å². The number of nitrogens with zero attached hydrogens (tertiary/aromatic N) is 2. The molecule has 6 heteroatoms. The highest BCUT2D eigenvalue weighted by atomic mass is 19.1. The minimum atomic E-state index is -0.276. The fourth-order valence-corrected chi connectivity index (χ4v) is 2.36. The quantitative estimate of drug-likeness (QED) is 0.623. The van der Waals surface area contributed by atoms with Crippen molar-refractivity contribution in [1.82, 2.24) is 10.6 Å². The molecule has 0 aliphatic rings. The van der Waals surface area contributed by atoms with E-state index < -0.39 is 0 Å². The van der Waals surface area contributed by atoms with Crippen molar-refractivity contribution in [2.45, 2.75) is 20.0 Å². The molecule has 2 rings (SSSR count). The normalized spacial score (nSPS) is 11.3. The smallest absolute Gasteiger partial charge is 0.191 e. The van der Waals surface area contributed by atoms with Crippen molar-refractivity contribution in [2.75, 3.05) is 25.5 Å². The third-order valence-corrected chi connectivity index (χ3v) is 3.61. The number of guanidine groups is 1. The van der Waals surface area contributed by atoms with Crippen LogP contribution in [0.3, 0.4) is 0 Å². The highest BCUT2D eigenvalue weighted by Gasteiger charge is 2.06. The van der Waals surface area contributed by atoms with Gasteiger partial charge in [0, 0.05) is 27.2 Å². The molecule has 0 bridgehead atoms. The number of rotatable bonds is 6. The van der Waals surface area contributed by atoms with Crippen molar-refractivity contribution in [3.8, 4) is 0 Å². The van der Waals surface area contributed by atoms with E-state index >= 15 is 0 Å². The third kappa shape index (κ3) is 5.74. The standard InChI is InChI=1S/C19H24F2N4/c1-4-22-19(23-12-14-6-5-7-16(20)10-14)24-13-15-8-9-18(25(2)3)17(21)11-15/h5-11H,4,12-13H2,1-3H3,(H2,22,23,24). The Morgan fingerprint density at radius 3 is 2.48 bits per heavy atom. The van der Waals surface area contributed by atoms with E-state index in [-0.39, 0.29) is 11.6 Å². The second-order valence-corrected chi connectivity index (χ2v) is 5.86. The van der Waals surface area contributed by atoms with Gasteiger partial charge in [-0.25, -0.2) is 13.8 Å². The van der Waals surface area contributed by atoms with E-state index in [1.807, 2.05) is 19.1 Å². The first-order chi connectivity index (χ1) is 12.0. The lowest BCUT2D eigenvalue weighted by molar-refractivity contribution is 0.623. The number of aliphatic imine (C=N–C) groups is 1. The molecule has 0 atom stereocenters. The molecule has 0 heterocycles. The monoisotopic (exact) mass is 346 g/mol. The Morgan fingerprint density at radius 1 is 1.04 bits per heavy atom. The highest BCUT2D eigenvalue weighted by Crippen LogP contribution is 2.18. The topological polar surface area (TPSA) is 39.7 Å². The van der Waals surface area contributed by atoms with Gasteiger partial charge in [0.2, 0.25) is 0 Å². The van der Waals surface area contributed by atoms with Crippen LogP contribution in [0.1, 0.15) is 18.1 Å². The van der Waals surface area contributed by atoms with Crippen molar-refractivity contribution in [2.24, 2.45) is 4.99 Å². The van der Waals surface area contributed by atoms with E-state index in [9.17, 15) is 8.78 Å². The molecule has 0 aliphatic carbocycles. The van der Waals surface area contributed by atoms with Gasteiger partial charge < -0.3 is 15.5 Å². The zero-order valence-electron chi connectivity index (χ0n) is 14.8. The summed E-state index contributed by atoms with van der Waals surface area (Å²) in [6, 6.07) is 11.5. The summed E-state index contributed by atoms with van der Waals surface area (Å²) in [4.78, 5) is 6.17. The average Bonchev–Trinajstić information content (AvgIpc) is 2.57. The van der Waals surface area contributed by atoms with Gasteiger partial charge in [0.25, 0.3) is 0 Å². The third-order valence-electron chi connectivity index (χ3n) is 3.61. The van der Waals surface area contributed by atoms with Gasteiger partial charge in [-0.1, -0.05) is 18.2 Å². The molecule has 25 heavy (non-hydrogen) atoms. The predicted molar refractivity (Wildman–Crippen MR) is 98.8 cm³/mol. The van der Waals surface area contributed by atoms with E-state index in [1.165, 1.54) is 18.2 Å². The van der Waals surface area contributed by atoms with Gasteiger partial charge in [0.1, 0.15) is 11.6 Å². The number of anilines is 1. The SMILES string of the molecule is CCNC(=NCc1cccc(F)c1)NCc1ccc(N(C)C)c(F)c1. The van der Waals surface area contributed by atoms with Crippen molar-refractivity contribution >= 4 is 11.6 Å². The van der Waals surface area contributed by atoms with E-state index in [2.05, 4.69) is 15.6 Å². The molecule has 0 spiro atoms. The number of benzene rings is 2. The van der Waals surface area contributed by atoms with Crippen LogP contribution < -0.4 is 15.5 Å². The summed E-state index contributed by atoms with van der Waals surface area (Å²) >= 11 is 0. The van der Waals surface area contributed by atoms with Gasteiger partial charge in [0.15, 0.2) is 5.96 Å². The summed E-state index contributed by atoms with van der Waals surface area (Å²) in [6.07, 6.45) is 0. The molecule has 0 unspecified atom stereocenters. The first-order valence-electron chi connectivity index (χ1n) is 8.22. The second-order valence-electron chi connectivity index (χ2n) is 5.86. The lowest BCUT2D eigenvalue weighted by Crippen LogP contribution is -2.36. The molecule has 0 amide bonds. The second kappa shape index (κ2) is 9.01. The summed E-state index contributed by atoms with van der Waals surface area (Å²) in [7, 11) is 3.61. The van der Waals surface area contributed by atoms with Crippen LogP contribution in [0.15, 0.2) is 47.5 Å². The molecule has 134 valence electrons. The summed E-state index contributed by atoms with van der Waals surface area (Å²) < 4.78 is 27.2. The lowest BCUT2D eigenvalue weighted by Gasteiger charge is -2.15. The van der Waals surface area contributed by atoms with Crippen molar-refractivity contribution in [3.63, 3.8) is 0 Å². The fourth-order valence-electron chi connectivity index (χ4n) is 2.36. The van der Waals surface area contributed by atoms with Crippen LogP contribution >= 0.6 is 0 Å². The molecule has 0 saturated carbocycles. The zero-order chi connectivity index (χ0) is 18.2. The number of halogens is 2. The highest BCUT2D eigenvalue weighted by molar-refractivity contribution is 5.79. The Kier molecular flexibility index (Phi) is 6.74. The Balaban J connectivity index is 2.01. The maximum absolute atomic E-state index is 14.0. The Hall–Kier alpha value is -2.63. The molecule has 0 aliphatic heterocycles. The summed E-state index contributed by atoms with van der Waals surface area (Å²) in [6.45, 7) is 3.47. The molecule has 0 aromatic heterocycles. The molecule has 0 saturated heterocycles. The van der Waals surface area contributed by atoms with Crippen LogP contribution in [0.25, 0.3) is 0 Å². The summed E-state index contributed by atoms with van der Waals surface area (Å²) in [5, 5.41) is 6.29. The lowest BCUT2D eigenvalue weighted by atomic mass is 10.2. The molecular weight excluding hydrogens is 322 g/mol. The minimum absolute atomic E-state index is 0.258. The van der Waals surface area contributed by atoms with Crippen LogP contribution in [0.4, 0.5) is 14.5 Å². The zero-order valence-corrected chi connectivity index (χ0v) is 14.8. The van der Waals surface area contributed by atoms with E-state index in [4.69, 9.17) is 0 Å². The van der Waals surface area contributed by atoms with Crippen molar-refractivity contribution < 1.29 is 8.78 Å². The van der Waals surface area contributed by atoms with Crippen molar-refractivity contribution in [1.29, 1.82) is 0 Å². The van der Waals surface area contributed by atoms with Crippen LogP contribution in [0, 0.1) is 11.6 Å². The van der Waals surface area contributed by atoms with Crippen LogP contribution in [-0.4, -0.2) is 26.6 Å². The van der Waals surface area contributed by atoms with Crippen LogP contribution in [-0.2, 0) is 13.1 Å². The predicted octanol–water partition coefficient (Wildman–Crippen LogP) is 3.29. The van der Waals surface area contributed by atoms with E-state index in [0.717, 1.165) is 11.1 Å². The summed E-state index contributed by atoms with van der Waals surface area (Å²) in [5.41, 5.74) is 2.16. The number of hydrogen-bond acceptors (Lipinski definition) is 2. The maximum Gasteiger partial charge on any atom is 0.191 e. The Morgan fingerprint density at radius 2 is 1.84 bits per heavy atom. The minimum Gasteiger partial charge on any atom is -0.375 e. The van der Waals surface area contributed by atoms with Gasteiger partial charge in [-0.15, -0.1) is 0 Å². The molecule has 2 N–H and O–H groups in total. The van der Waals surface area contributed by atoms with Gasteiger partial charge in [-0.2, -0.15) is 0 Å². The molecule has 4 nitrogen and oxygen atoms in total. The van der Waals surface area contributed by atoms with E-state index in [1.54, 1.807) is 31.1 Å². The first-order valence-corrected chi connectivity index (χ1v) is 8.22. The molecule has 2 aromatic rings. The molecule has 2 aromatic carbocycles. The van der Waals surface area contributed by atoms with Gasteiger partial charge in [-0.3, -0.25) is 0 Å². The van der Waals surface area contributed by atoms with Crippen molar-refractivity contribution in [3.05, 3.63) is 65.2 Å². The number of hydrogen-bond donors (Lipinski definition) is 2. The fraction of sp³-hybridized carbons (Fsp3) is 0.316. The van der Waals surface area contributed by atoms with Gasteiger partial charge in [0.05, 0.1) is 12.2 Å². The maximum atomic E-state index is 14.0. The Labute approximate surface area is 147 Å². The Bertz CT molecular complexity index is 729. The molecule has 0 radical (unpaired) electrons. The molecule has 0 fully saturated rings. The number of nitrogens with one attached hydrogen (secondary N) is 2. The van der Waals surface area contributed by atoms with E-state index in [0.29, 0.717) is 31.3 Å². The average molecular weight is 346 g/mol. The van der Waals surface area contributed by atoms with Gasteiger partial charge in [-0.05, 0) is 42.3 Å². The molecular formula is C19H24F2N4. The summed E-state index contributed by atoms with van der Waals surface area (Å²) in [5.74, 6) is 0.0666. The first kappa shape index (κ1) is 18.7. The largest absolute Gasteiger partial charge is 0.375 e. The van der Waals surface area contributed by atoms with Crippen LogP contribution in [0.2, 0.25) is 0 Å².